The van der Waals surface area contributed by atoms with Crippen LogP contribution in [0.1, 0.15) is 23.2 Å². The number of benzene rings is 2. The molecule has 3 amide bonds. The molecule has 0 aliphatic rings. The summed E-state index contributed by atoms with van der Waals surface area (Å²) in [5.74, 6) is -1.65. The lowest BCUT2D eigenvalue weighted by atomic mass is 10.0. The molecule has 0 saturated carbocycles. The molecule has 8 heteroatoms. The lowest BCUT2D eigenvalue weighted by Gasteiger charge is -2.16. The van der Waals surface area contributed by atoms with Gasteiger partial charge in [0.15, 0.2) is 0 Å². The fourth-order valence-corrected chi connectivity index (χ4v) is 3.13. The number of rotatable bonds is 8. The monoisotopic (exact) mass is 406 g/mol. The summed E-state index contributed by atoms with van der Waals surface area (Å²) in [4.78, 5) is 40.0. The molecular formula is C22H22N4O4. The van der Waals surface area contributed by atoms with Crippen LogP contribution >= 0.6 is 0 Å². The topological polar surface area (TPSA) is 134 Å². The maximum Gasteiger partial charge on any atom is 0.326 e. The first-order chi connectivity index (χ1) is 14.5. The Morgan fingerprint density at radius 2 is 1.73 bits per heavy atom. The number of hydrogen-bond donors (Lipinski definition) is 4. The predicted octanol–water partition coefficient (Wildman–Crippen LogP) is 2.53. The Hall–Kier alpha value is -3.94. The Balaban J connectivity index is 1.87. The number of primary amides is 1. The van der Waals surface area contributed by atoms with Gasteiger partial charge < -0.3 is 21.5 Å². The summed E-state index contributed by atoms with van der Waals surface area (Å²) in [6.07, 6.45) is 0.502. The smallest absolute Gasteiger partial charge is 0.326 e. The van der Waals surface area contributed by atoms with Gasteiger partial charge in [-0.15, -0.1) is 0 Å². The summed E-state index contributed by atoms with van der Waals surface area (Å²) in [6.45, 7) is 0.228. The van der Waals surface area contributed by atoms with Gasteiger partial charge in [-0.2, -0.15) is 0 Å². The molecule has 30 heavy (non-hydrogen) atoms. The van der Waals surface area contributed by atoms with Crippen LogP contribution in [0, 0.1) is 0 Å². The van der Waals surface area contributed by atoms with Crippen molar-refractivity contribution in [3.05, 3.63) is 66.2 Å². The highest BCUT2D eigenvalue weighted by Gasteiger charge is 2.22. The molecule has 0 fully saturated rings. The van der Waals surface area contributed by atoms with Crippen LogP contribution in [0.3, 0.4) is 0 Å². The zero-order chi connectivity index (χ0) is 21.5. The number of carbonyl (C=O) groups is 3. The van der Waals surface area contributed by atoms with Crippen LogP contribution < -0.4 is 16.4 Å². The first kappa shape index (κ1) is 20.8. The normalized spacial score (nSPS) is 11.6. The van der Waals surface area contributed by atoms with E-state index in [-0.39, 0.29) is 13.0 Å². The molecule has 0 spiro atoms. The average molecular weight is 406 g/mol. The van der Waals surface area contributed by atoms with Crippen LogP contribution in [0.25, 0.3) is 22.2 Å². The van der Waals surface area contributed by atoms with E-state index in [4.69, 9.17) is 5.73 Å². The SMILES string of the molecule is NC(=O)NCCCC(NC(=O)c1cc(-c2ccccc2)nc2ccccc12)C(=O)O. The van der Waals surface area contributed by atoms with E-state index in [2.05, 4.69) is 15.6 Å². The molecule has 3 aromatic rings. The van der Waals surface area contributed by atoms with Gasteiger partial charge in [0.25, 0.3) is 5.91 Å². The van der Waals surface area contributed by atoms with E-state index < -0.39 is 23.9 Å². The molecule has 3 rings (SSSR count). The van der Waals surface area contributed by atoms with Crippen LogP contribution in [0.15, 0.2) is 60.7 Å². The number of para-hydroxylation sites is 1. The number of carboxylic acids is 1. The maximum atomic E-state index is 13.0. The number of urea groups is 1. The van der Waals surface area contributed by atoms with E-state index in [1.165, 1.54) is 0 Å². The van der Waals surface area contributed by atoms with E-state index in [1.807, 2.05) is 42.5 Å². The molecule has 2 aromatic carbocycles. The highest BCUT2D eigenvalue weighted by Crippen LogP contribution is 2.25. The summed E-state index contributed by atoms with van der Waals surface area (Å²) in [5.41, 5.74) is 7.46. The number of hydrogen-bond acceptors (Lipinski definition) is 4. The van der Waals surface area contributed by atoms with Crippen LogP contribution in [0.5, 0.6) is 0 Å². The Morgan fingerprint density at radius 1 is 1.03 bits per heavy atom. The number of aromatic nitrogens is 1. The predicted molar refractivity (Wildman–Crippen MR) is 113 cm³/mol. The van der Waals surface area contributed by atoms with Gasteiger partial charge in [0.05, 0.1) is 16.8 Å². The zero-order valence-electron chi connectivity index (χ0n) is 16.2. The van der Waals surface area contributed by atoms with Crippen LogP contribution in [0.2, 0.25) is 0 Å². The first-order valence-corrected chi connectivity index (χ1v) is 9.48. The van der Waals surface area contributed by atoms with Crippen LogP contribution in [-0.4, -0.2) is 40.6 Å². The summed E-state index contributed by atoms with van der Waals surface area (Å²) < 4.78 is 0. The molecule has 1 aromatic heterocycles. The molecule has 0 bridgehead atoms. The summed E-state index contributed by atoms with van der Waals surface area (Å²) in [7, 11) is 0. The molecule has 0 radical (unpaired) electrons. The molecular weight excluding hydrogens is 384 g/mol. The number of amides is 3. The number of fused-ring (bicyclic) bond motifs is 1. The number of nitrogens with two attached hydrogens (primary N) is 1. The zero-order valence-corrected chi connectivity index (χ0v) is 16.2. The molecule has 0 aliphatic heterocycles. The summed E-state index contributed by atoms with van der Waals surface area (Å²) >= 11 is 0. The molecule has 154 valence electrons. The number of nitrogens with zero attached hydrogens (tertiary/aromatic N) is 1. The van der Waals surface area contributed by atoms with E-state index in [1.54, 1.807) is 18.2 Å². The van der Waals surface area contributed by atoms with E-state index in [0.29, 0.717) is 28.6 Å². The van der Waals surface area contributed by atoms with Gasteiger partial charge in [0, 0.05) is 17.5 Å². The lowest BCUT2D eigenvalue weighted by Crippen LogP contribution is -2.41. The number of aliphatic carboxylic acids is 1. The van der Waals surface area contributed by atoms with Gasteiger partial charge in [-0.25, -0.2) is 14.6 Å². The van der Waals surface area contributed by atoms with E-state index in [9.17, 15) is 19.5 Å². The summed E-state index contributed by atoms with van der Waals surface area (Å²) in [5, 5.41) is 15.1. The Kier molecular flexibility index (Phi) is 6.59. The quantitative estimate of drug-likeness (QED) is 0.427. The average Bonchev–Trinajstić information content (AvgIpc) is 2.75. The summed E-state index contributed by atoms with van der Waals surface area (Å²) in [6, 6.07) is 16.5. The van der Waals surface area contributed by atoms with Crippen molar-refractivity contribution in [1.29, 1.82) is 0 Å². The Morgan fingerprint density at radius 3 is 2.43 bits per heavy atom. The number of carboxylic acid groups (broad SMARTS) is 1. The Labute approximate surface area is 173 Å². The first-order valence-electron chi connectivity index (χ1n) is 9.48. The minimum absolute atomic E-state index is 0.149. The van der Waals surface area contributed by atoms with Gasteiger partial charge in [-0.05, 0) is 25.0 Å². The minimum Gasteiger partial charge on any atom is -0.480 e. The standard InChI is InChI=1S/C22H22N4O4/c23-22(30)24-12-6-11-18(21(28)29)26-20(27)16-13-19(14-7-2-1-3-8-14)25-17-10-5-4-9-15(16)17/h1-5,7-10,13,18H,6,11-12H2,(H,26,27)(H,28,29)(H3,23,24,30). The van der Waals surface area contributed by atoms with Crippen LogP contribution in [0.4, 0.5) is 4.79 Å². The number of pyridine rings is 1. The fourth-order valence-electron chi connectivity index (χ4n) is 3.13. The minimum atomic E-state index is -1.15. The van der Waals surface area contributed by atoms with Crippen molar-refractivity contribution in [3.8, 4) is 11.3 Å². The van der Waals surface area contributed by atoms with E-state index >= 15 is 0 Å². The molecule has 8 nitrogen and oxygen atoms in total. The second kappa shape index (κ2) is 9.51. The molecule has 0 aliphatic carbocycles. The van der Waals surface area contributed by atoms with Crippen molar-refractivity contribution in [2.45, 2.75) is 18.9 Å². The third-order valence-electron chi connectivity index (χ3n) is 4.60. The van der Waals surface area contributed by atoms with Gasteiger partial charge in [0.2, 0.25) is 0 Å². The highest BCUT2D eigenvalue weighted by molar-refractivity contribution is 6.08. The fraction of sp³-hybridized carbons (Fsp3) is 0.182. The van der Waals surface area contributed by atoms with Crippen molar-refractivity contribution in [2.75, 3.05) is 6.54 Å². The van der Waals surface area contributed by atoms with Crippen molar-refractivity contribution in [1.82, 2.24) is 15.6 Å². The second-order valence-corrected chi connectivity index (χ2v) is 6.74. The van der Waals surface area contributed by atoms with Gasteiger partial charge >= 0.3 is 12.0 Å². The number of carbonyl (C=O) groups excluding carboxylic acids is 2. The Bertz CT molecular complexity index is 1070. The second-order valence-electron chi connectivity index (χ2n) is 6.74. The highest BCUT2D eigenvalue weighted by atomic mass is 16.4. The van der Waals surface area contributed by atoms with Crippen molar-refractivity contribution < 1.29 is 19.5 Å². The van der Waals surface area contributed by atoms with Crippen LogP contribution in [-0.2, 0) is 4.79 Å². The van der Waals surface area contributed by atoms with Gasteiger partial charge in [0.1, 0.15) is 6.04 Å². The lowest BCUT2D eigenvalue weighted by molar-refractivity contribution is -0.139. The third-order valence-corrected chi connectivity index (χ3v) is 4.60. The molecule has 5 N–H and O–H groups in total. The molecule has 1 atom stereocenters. The van der Waals surface area contributed by atoms with Crippen molar-refractivity contribution in [3.63, 3.8) is 0 Å². The van der Waals surface area contributed by atoms with Crippen molar-refractivity contribution >= 4 is 28.8 Å². The third kappa shape index (κ3) is 5.11. The van der Waals surface area contributed by atoms with Gasteiger partial charge in [-0.1, -0.05) is 48.5 Å². The largest absolute Gasteiger partial charge is 0.480 e. The van der Waals surface area contributed by atoms with E-state index in [0.717, 1.165) is 5.56 Å². The molecule has 1 unspecified atom stereocenters. The molecule has 1 heterocycles. The maximum absolute atomic E-state index is 13.0. The van der Waals surface area contributed by atoms with Gasteiger partial charge in [-0.3, -0.25) is 4.79 Å². The number of nitrogens with one attached hydrogen (secondary N) is 2. The molecule has 0 saturated heterocycles. The van der Waals surface area contributed by atoms with Crippen molar-refractivity contribution in [2.24, 2.45) is 5.73 Å².